The first-order chi connectivity index (χ1) is 9.72. The Bertz CT molecular complexity index is 606. The van der Waals surface area contributed by atoms with Gasteiger partial charge in [-0.15, -0.1) is 0 Å². The van der Waals surface area contributed by atoms with Crippen molar-refractivity contribution in [3.63, 3.8) is 0 Å². The lowest BCUT2D eigenvalue weighted by Gasteiger charge is -2.27. The van der Waals surface area contributed by atoms with Gasteiger partial charge in [-0.05, 0) is 18.1 Å². The number of aryl methyl sites for hydroxylation is 1. The molecule has 2 aliphatic heterocycles. The molecule has 0 aromatic heterocycles. The van der Waals surface area contributed by atoms with E-state index >= 15 is 0 Å². The van der Waals surface area contributed by atoms with Crippen molar-refractivity contribution in [3.8, 4) is 0 Å². The number of aliphatic imine (C=N–C) groups is 1. The largest absolute Gasteiger partial charge is 0.297 e. The molecule has 0 unspecified atom stereocenters. The highest BCUT2D eigenvalue weighted by Gasteiger charge is 2.42. The monoisotopic (exact) mass is 269 g/mol. The molecule has 5 nitrogen and oxygen atoms in total. The SMILES string of the molecule is CCc1ccccc1N=C1C(=O)N2CC=CCN2C1=O. The summed E-state index contributed by atoms with van der Waals surface area (Å²) in [6, 6.07) is 7.57. The molecule has 0 bridgehead atoms. The van der Waals surface area contributed by atoms with Crippen molar-refractivity contribution in [2.24, 2.45) is 4.99 Å². The third-order valence-electron chi connectivity index (χ3n) is 3.49. The van der Waals surface area contributed by atoms with Crippen LogP contribution in [-0.2, 0) is 16.0 Å². The molecule has 20 heavy (non-hydrogen) atoms. The van der Waals surface area contributed by atoms with Gasteiger partial charge in [0.25, 0.3) is 11.8 Å². The molecule has 2 amide bonds. The van der Waals surface area contributed by atoms with Crippen LogP contribution in [-0.4, -0.2) is 40.6 Å². The first-order valence-electron chi connectivity index (χ1n) is 6.67. The number of hydrogen-bond donors (Lipinski definition) is 0. The quantitative estimate of drug-likeness (QED) is 0.764. The van der Waals surface area contributed by atoms with E-state index in [0.717, 1.165) is 12.0 Å². The fourth-order valence-electron chi connectivity index (χ4n) is 2.40. The van der Waals surface area contributed by atoms with Crippen molar-refractivity contribution in [1.82, 2.24) is 10.0 Å². The molecule has 0 aliphatic carbocycles. The van der Waals surface area contributed by atoms with Crippen LogP contribution in [0.5, 0.6) is 0 Å². The smallest absolute Gasteiger partial charge is 0.265 e. The number of fused-ring (bicyclic) bond motifs is 1. The minimum absolute atomic E-state index is 0.00889. The van der Waals surface area contributed by atoms with Crippen LogP contribution in [0.25, 0.3) is 0 Å². The van der Waals surface area contributed by atoms with E-state index in [1.54, 1.807) is 0 Å². The third kappa shape index (κ3) is 1.91. The van der Waals surface area contributed by atoms with Crippen molar-refractivity contribution in [1.29, 1.82) is 0 Å². The van der Waals surface area contributed by atoms with E-state index < -0.39 is 0 Å². The number of hydrazine groups is 1. The zero-order chi connectivity index (χ0) is 14.1. The van der Waals surface area contributed by atoms with Crippen molar-refractivity contribution in [2.75, 3.05) is 13.1 Å². The lowest BCUT2D eigenvalue weighted by Crippen LogP contribution is -2.43. The van der Waals surface area contributed by atoms with E-state index in [2.05, 4.69) is 4.99 Å². The van der Waals surface area contributed by atoms with E-state index in [9.17, 15) is 9.59 Å². The van der Waals surface area contributed by atoms with E-state index in [-0.39, 0.29) is 17.5 Å². The first kappa shape index (κ1) is 12.6. The molecule has 2 aliphatic rings. The zero-order valence-corrected chi connectivity index (χ0v) is 11.2. The Morgan fingerprint density at radius 1 is 1.05 bits per heavy atom. The van der Waals surface area contributed by atoms with Crippen LogP contribution in [0.15, 0.2) is 41.4 Å². The predicted molar refractivity (Wildman–Crippen MR) is 75.5 cm³/mol. The van der Waals surface area contributed by atoms with Crippen molar-refractivity contribution in [2.45, 2.75) is 13.3 Å². The van der Waals surface area contributed by atoms with Gasteiger partial charge in [0.2, 0.25) is 0 Å². The number of benzene rings is 1. The highest BCUT2D eigenvalue weighted by molar-refractivity contribution is 6.67. The topological polar surface area (TPSA) is 53.0 Å². The molecular weight excluding hydrogens is 254 g/mol. The first-order valence-corrected chi connectivity index (χ1v) is 6.67. The molecule has 5 heteroatoms. The van der Waals surface area contributed by atoms with E-state index in [0.29, 0.717) is 18.8 Å². The molecule has 1 aromatic carbocycles. The lowest BCUT2D eigenvalue weighted by atomic mass is 10.1. The molecule has 0 N–H and O–H groups in total. The van der Waals surface area contributed by atoms with Crippen LogP contribution >= 0.6 is 0 Å². The molecule has 102 valence electrons. The Morgan fingerprint density at radius 3 is 2.25 bits per heavy atom. The van der Waals surface area contributed by atoms with Crippen LogP contribution in [0.4, 0.5) is 5.69 Å². The average Bonchev–Trinajstić information content (AvgIpc) is 2.73. The van der Waals surface area contributed by atoms with Gasteiger partial charge in [-0.25, -0.2) is 15.0 Å². The Labute approximate surface area is 117 Å². The number of rotatable bonds is 2. The average molecular weight is 269 g/mol. The third-order valence-corrected chi connectivity index (χ3v) is 3.49. The van der Waals surface area contributed by atoms with Gasteiger partial charge in [0, 0.05) is 0 Å². The minimum Gasteiger partial charge on any atom is -0.265 e. The summed E-state index contributed by atoms with van der Waals surface area (Å²) in [4.78, 5) is 28.8. The van der Waals surface area contributed by atoms with E-state index in [1.165, 1.54) is 10.0 Å². The second-order valence-electron chi connectivity index (χ2n) is 4.69. The van der Waals surface area contributed by atoms with Gasteiger partial charge in [0.15, 0.2) is 5.71 Å². The van der Waals surface area contributed by atoms with Gasteiger partial charge >= 0.3 is 0 Å². The zero-order valence-electron chi connectivity index (χ0n) is 11.2. The van der Waals surface area contributed by atoms with Crippen molar-refractivity contribution in [3.05, 3.63) is 42.0 Å². The normalized spacial score (nSPS) is 17.8. The Kier molecular flexibility index (Phi) is 3.10. The summed E-state index contributed by atoms with van der Waals surface area (Å²) in [6.45, 7) is 2.88. The van der Waals surface area contributed by atoms with Crippen LogP contribution in [0.1, 0.15) is 12.5 Å². The van der Waals surface area contributed by atoms with Gasteiger partial charge in [-0.3, -0.25) is 9.59 Å². The molecule has 1 saturated heterocycles. The summed E-state index contributed by atoms with van der Waals surface area (Å²) < 4.78 is 0. The number of carbonyl (C=O) groups is 2. The Hall–Kier alpha value is -2.43. The summed E-state index contributed by atoms with van der Waals surface area (Å²) >= 11 is 0. The fourth-order valence-corrected chi connectivity index (χ4v) is 2.40. The second kappa shape index (κ2) is 4.92. The molecule has 1 fully saturated rings. The van der Waals surface area contributed by atoms with Gasteiger partial charge in [0.05, 0.1) is 18.8 Å². The lowest BCUT2D eigenvalue weighted by molar-refractivity contribution is -0.145. The second-order valence-corrected chi connectivity index (χ2v) is 4.69. The number of amides is 2. The predicted octanol–water partition coefficient (Wildman–Crippen LogP) is 1.48. The van der Waals surface area contributed by atoms with Crippen LogP contribution in [0.3, 0.4) is 0 Å². The van der Waals surface area contributed by atoms with Crippen LogP contribution in [0, 0.1) is 0 Å². The maximum atomic E-state index is 12.3. The summed E-state index contributed by atoms with van der Waals surface area (Å²) in [5.41, 5.74) is 1.73. The maximum Gasteiger partial charge on any atom is 0.297 e. The Balaban J connectivity index is 2.00. The van der Waals surface area contributed by atoms with Gasteiger partial charge < -0.3 is 0 Å². The molecule has 0 radical (unpaired) electrons. The van der Waals surface area contributed by atoms with Gasteiger partial charge in [0.1, 0.15) is 0 Å². The summed E-state index contributed by atoms with van der Waals surface area (Å²) in [5.74, 6) is -0.629. The molecule has 0 atom stereocenters. The molecule has 1 aromatic rings. The van der Waals surface area contributed by atoms with Crippen LogP contribution < -0.4 is 0 Å². The van der Waals surface area contributed by atoms with Crippen LogP contribution in [0.2, 0.25) is 0 Å². The molecule has 0 saturated carbocycles. The summed E-state index contributed by atoms with van der Waals surface area (Å²) in [7, 11) is 0. The Morgan fingerprint density at radius 2 is 1.65 bits per heavy atom. The highest BCUT2D eigenvalue weighted by Crippen LogP contribution is 2.23. The number of hydrogen-bond acceptors (Lipinski definition) is 3. The van der Waals surface area contributed by atoms with Crippen molar-refractivity contribution < 1.29 is 9.59 Å². The number of carbonyl (C=O) groups excluding carboxylic acids is 2. The molecule has 3 rings (SSSR count). The summed E-state index contributed by atoms with van der Waals surface area (Å²) in [5, 5.41) is 2.88. The van der Waals surface area contributed by atoms with Gasteiger partial charge in [-0.1, -0.05) is 37.3 Å². The fraction of sp³-hybridized carbons (Fsp3) is 0.267. The maximum absolute atomic E-state index is 12.3. The molecular formula is C15H15N3O2. The van der Waals surface area contributed by atoms with Gasteiger partial charge in [-0.2, -0.15) is 0 Å². The minimum atomic E-state index is -0.315. The molecule has 0 spiro atoms. The number of para-hydroxylation sites is 1. The number of nitrogens with zero attached hydrogens (tertiary/aromatic N) is 3. The summed E-state index contributed by atoms with van der Waals surface area (Å²) in [6.07, 6.45) is 4.57. The standard InChI is InChI=1S/C15H15N3O2/c1-2-11-7-3-4-8-12(11)16-13-14(19)17-9-5-6-10-18(17)15(13)20/h3-8H,2,9-10H2,1H3. The molecule has 2 heterocycles. The van der Waals surface area contributed by atoms with E-state index in [4.69, 9.17) is 0 Å². The van der Waals surface area contributed by atoms with Crippen molar-refractivity contribution >= 4 is 23.2 Å². The van der Waals surface area contributed by atoms with E-state index in [1.807, 2.05) is 43.3 Å². The highest BCUT2D eigenvalue weighted by atomic mass is 16.2.